The Morgan fingerprint density at radius 3 is 2.33 bits per heavy atom. The Labute approximate surface area is 110 Å². The lowest BCUT2D eigenvalue weighted by atomic mass is 10.1. The lowest BCUT2D eigenvalue weighted by Crippen LogP contribution is -2.35. The Hall–Kier alpha value is -1.06. The monoisotopic (exact) mass is 255 g/mol. The highest BCUT2D eigenvalue weighted by atomic mass is 16.5. The van der Waals surface area contributed by atoms with Crippen LogP contribution in [0.5, 0.6) is 0 Å². The van der Waals surface area contributed by atoms with Gasteiger partial charge in [0.05, 0.1) is 5.92 Å². The van der Waals surface area contributed by atoms with E-state index in [1.165, 1.54) is 12.8 Å². The molecule has 0 spiro atoms. The maximum absolute atomic E-state index is 11.9. The molecule has 1 fully saturated rings. The lowest BCUT2D eigenvalue weighted by Gasteiger charge is -2.20. The molecule has 1 atom stereocenters. The van der Waals surface area contributed by atoms with Crippen LogP contribution in [-0.4, -0.2) is 36.5 Å². The fourth-order valence-electron chi connectivity index (χ4n) is 2.24. The number of carbonyl (C=O) groups is 2. The van der Waals surface area contributed by atoms with E-state index in [9.17, 15) is 9.59 Å². The molecule has 1 heterocycles. The molecule has 0 radical (unpaired) electrons. The van der Waals surface area contributed by atoms with Crippen LogP contribution in [0.1, 0.15) is 52.4 Å². The van der Waals surface area contributed by atoms with Crippen molar-refractivity contribution in [1.29, 1.82) is 0 Å². The number of rotatable bonds is 5. The van der Waals surface area contributed by atoms with Crippen molar-refractivity contribution in [3.05, 3.63) is 0 Å². The summed E-state index contributed by atoms with van der Waals surface area (Å²) in [5.74, 6) is -0.402. The molecule has 1 saturated heterocycles. The number of ether oxygens (including phenoxy) is 1. The Morgan fingerprint density at radius 1 is 1.17 bits per heavy atom. The van der Waals surface area contributed by atoms with Crippen molar-refractivity contribution in [2.75, 3.05) is 19.7 Å². The predicted octanol–water partition coefficient (Wildman–Crippen LogP) is 2.37. The molecular weight excluding hydrogens is 230 g/mol. The first kappa shape index (κ1) is 15.0. The van der Waals surface area contributed by atoms with E-state index in [1.807, 2.05) is 18.7 Å². The summed E-state index contributed by atoms with van der Waals surface area (Å²) >= 11 is 0. The van der Waals surface area contributed by atoms with E-state index < -0.39 is 0 Å². The van der Waals surface area contributed by atoms with Crippen LogP contribution >= 0.6 is 0 Å². The third-order valence-electron chi connectivity index (χ3n) is 3.42. The second-order valence-corrected chi connectivity index (χ2v) is 5.09. The molecule has 0 bridgehead atoms. The van der Waals surface area contributed by atoms with E-state index in [1.54, 1.807) is 0 Å². The number of amides is 1. The quantitative estimate of drug-likeness (QED) is 0.709. The Bertz CT molecular complexity index is 270. The van der Waals surface area contributed by atoms with Crippen LogP contribution in [0.25, 0.3) is 0 Å². The third-order valence-corrected chi connectivity index (χ3v) is 3.42. The average Bonchev–Trinajstić information content (AvgIpc) is 2.64. The zero-order valence-corrected chi connectivity index (χ0v) is 11.6. The molecule has 1 amide bonds. The number of esters is 1. The summed E-state index contributed by atoms with van der Waals surface area (Å²) in [6, 6.07) is 0. The summed E-state index contributed by atoms with van der Waals surface area (Å²) in [5, 5.41) is 0. The van der Waals surface area contributed by atoms with Crippen molar-refractivity contribution < 1.29 is 14.3 Å². The molecule has 0 aromatic rings. The lowest BCUT2D eigenvalue weighted by molar-refractivity contribution is -0.155. The summed E-state index contributed by atoms with van der Waals surface area (Å²) in [6.07, 6.45) is 6.28. The van der Waals surface area contributed by atoms with Crippen molar-refractivity contribution in [1.82, 2.24) is 4.90 Å². The van der Waals surface area contributed by atoms with Gasteiger partial charge in [-0.1, -0.05) is 33.1 Å². The molecule has 0 aromatic heterocycles. The molecule has 4 heteroatoms. The first-order valence-electron chi connectivity index (χ1n) is 7.09. The molecule has 1 aliphatic rings. The normalized spacial score (nSPS) is 18.0. The molecule has 4 nitrogen and oxygen atoms in total. The Morgan fingerprint density at radius 2 is 1.78 bits per heavy atom. The number of hydrogen-bond donors (Lipinski definition) is 0. The summed E-state index contributed by atoms with van der Waals surface area (Å²) in [5.41, 5.74) is 0. The van der Waals surface area contributed by atoms with Crippen LogP contribution in [0.15, 0.2) is 0 Å². The van der Waals surface area contributed by atoms with Gasteiger partial charge in [-0.2, -0.15) is 0 Å². The van der Waals surface area contributed by atoms with E-state index in [-0.39, 0.29) is 24.4 Å². The summed E-state index contributed by atoms with van der Waals surface area (Å²) in [6.45, 7) is 5.41. The fraction of sp³-hybridized carbons (Fsp3) is 0.857. The highest BCUT2D eigenvalue weighted by molar-refractivity contribution is 5.81. The standard InChI is InChI=1S/C14H25NO3/c1-3-8-12(2)14(17)18-11-13(16)15-9-6-4-5-7-10-15/h12H,3-11H2,1-2H3. The molecular formula is C14H25NO3. The van der Waals surface area contributed by atoms with Gasteiger partial charge in [0, 0.05) is 13.1 Å². The number of nitrogens with zero attached hydrogens (tertiary/aromatic N) is 1. The van der Waals surface area contributed by atoms with Gasteiger partial charge in [0.25, 0.3) is 5.91 Å². The summed E-state index contributed by atoms with van der Waals surface area (Å²) < 4.78 is 5.08. The van der Waals surface area contributed by atoms with Crippen LogP contribution < -0.4 is 0 Å². The van der Waals surface area contributed by atoms with Gasteiger partial charge < -0.3 is 9.64 Å². The minimum atomic E-state index is -0.250. The zero-order chi connectivity index (χ0) is 13.4. The van der Waals surface area contributed by atoms with Crippen LogP contribution in [0.3, 0.4) is 0 Å². The Balaban J connectivity index is 2.29. The van der Waals surface area contributed by atoms with E-state index in [0.717, 1.165) is 38.8 Å². The van der Waals surface area contributed by atoms with E-state index in [4.69, 9.17) is 4.74 Å². The highest BCUT2D eigenvalue weighted by Gasteiger charge is 2.19. The molecule has 1 unspecified atom stereocenters. The Kier molecular flexibility index (Phi) is 6.76. The van der Waals surface area contributed by atoms with Crippen LogP contribution in [-0.2, 0) is 14.3 Å². The predicted molar refractivity (Wildman–Crippen MR) is 70.1 cm³/mol. The smallest absolute Gasteiger partial charge is 0.309 e. The van der Waals surface area contributed by atoms with Gasteiger partial charge in [0.1, 0.15) is 0 Å². The van der Waals surface area contributed by atoms with Crippen molar-refractivity contribution in [2.24, 2.45) is 5.92 Å². The average molecular weight is 255 g/mol. The van der Waals surface area contributed by atoms with Crippen molar-refractivity contribution >= 4 is 11.9 Å². The molecule has 0 aliphatic carbocycles. The summed E-state index contributed by atoms with van der Waals surface area (Å²) in [7, 11) is 0. The van der Waals surface area contributed by atoms with Gasteiger partial charge in [-0.3, -0.25) is 9.59 Å². The van der Waals surface area contributed by atoms with Crippen molar-refractivity contribution in [3.8, 4) is 0 Å². The topological polar surface area (TPSA) is 46.6 Å². The van der Waals surface area contributed by atoms with Crippen molar-refractivity contribution in [2.45, 2.75) is 52.4 Å². The maximum atomic E-state index is 11.9. The fourth-order valence-corrected chi connectivity index (χ4v) is 2.24. The second-order valence-electron chi connectivity index (χ2n) is 5.09. The van der Waals surface area contributed by atoms with E-state index >= 15 is 0 Å². The first-order valence-corrected chi connectivity index (χ1v) is 7.09. The maximum Gasteiger partial charge on any atom is 0.309 e. The largest absolute Gasteiger partial charge is 0.455 e. The van der Waals surface area contributed by atoms with Crippen molar-refractivity contribution in [3.63, 3.8) is 0 Å². The number of hydrogen-bond acceptors (Lipinski definition) is 3. The SMILES string of the molecule is CCCC(C)C(=O)OCC(=O)N1CCCCCC1. The third kappa shape index (κ3) is 5.07. The molecule has 0 saturated carbocycles. The zero-order valence-electron chi connectivity index (χ0n) is 11.6. The van der Waals surface area contributed by atoms with Gasteiger partial charge in [-0.25, -0.2) is 0 Å². The minimum absolute atomic E-state index is 0.0473. The molecule has 104 valence electrons. The second kappa shape index (κ2) is 8.11. The van der Waals surface area contributed by atoms with Crippen LogP contribution in [0.2, 0.25) is 0 Å². The highest BCUT2D eigenvalue weighted by Crippen LogP contribution is 2.11. The number of likely N-dealkylation sites (tertiary alicyclic amines) is 1. The van der Waals surface area contributed by atoms with Gasteiger partial charge in [0.15, 0.2) is 6.61 Å². The van der Waals surface area contributed by atoms with Gasteiger partial charge >= 0.3 is 5.97 Å². The van der Waals surface area contributed by atoms with Crippen LogP contribution in [0.4, 0.5) is 0 Å². The molecule has 0 aromatic carbocycles. The first-order chi connectivity index (χ1) is 8.65. The van der Waals surface area contributed by atoms with Gasteiger partial charge in [-0.15, -0.1) is 0 Å². The molecule has 1 rings (SSSR count). The van der Waals surface area contributed by atoms with Gasteiger partial charge in [0.2, 0.25) is 0 Å². The number of carbonyl (C=O) groups excluding carboxylic acids is 2. The summed E-state index contributed by atoms with van der Waals surface area (Å²) in [4.78, 5) is 25.3. The molecule has 1 aliphatic heterocycles. The van der Waals surface area contributed by atoms with E-state index in [2.05, 4.69) is 0 Å². The molecule has 0 N–H and O–H groups in total. The molecule has 18 heavy (non-hydrogen) atoms. The minimum Gasteiger partial charge on any atom is -0.455 e. The van der Waals surface area contributed by atoms with E-state index in [0.29, 0.717) is 0 Å². The van der Waals surface area contributed by atoms with Crippen LogP contribution in [0, 0.1) is 5.92 Å². The van der Waals surface area contributed by atoms with Gasteiger partial charge in [-0.05, 0) is 19.3 Å².